The van der Waals surface area contributed by atoms with Gasteiger partial charge in [0, 0.05) is 30.1 Å². The molecule has 2 heterocycles. The molecular weight excluding hydrogens is 456 g/mol. The number of carbonyl (C=O) groups excluding carboxylic acids is 1. The highest BCUT2D eigenvalue weighted by atomic mass is 16.6. The molecule has 0 atom stereocenters. The maximum atomic E-state index is 12.7. The Bertz CT molecular complexity index is 1270. The summed E-state index contributed by atoms with van der Waals surface area (Å²) in [7, 11) is 0. The zero-order valence-corrected chi connectivity index (χ0v) is 19.9. The molecule has 2 aromatic carbocycles. The molecule has 4 aromatic rings. The van der Waals surface area contributed by atoms with E-state index in [1.54, 1.807) is 24.5 Å². The van der Waals surface area contributed by atoms with Gasteiger partial charge < -0.3 is 19.2 Å². The van der Waals surface area contributed by atoms with Gasteiger partial charge in [-0.2, -0.15) is 0 Å². The highest BCUT2D eigenvalue weighted by Crippen LogP contribution is 2.32. The van der Waals surface area contributed by atoms with Gasteiger partial charge in [-0.25, -0.2) is 4.79 Å². The molecular formula is C28H28N4O4. The number of hydrogen-bond donors (Lipinski definition) is 1. The SMILES string of the molecule is O=C(NC1CCCCCC1)Oc1cc(OCc2ccccc2)cc(-c2cncc(-c3nnco3)c2)c1. The van der Waals surface area contributed by atoms with Gasteiger partial charge in [0.1, 0.15) is 18.1 Å². The molecule has 1 aliphatic carbocycles. The summed E-state index contributed by atoms with van der Waals surface area (Å²) in [4.78, 5) is 17.1. The van der Waals surface area contributed by atoms with E-state index in [1.807, 2.05) is 42.5 Å². The van der Waals surface area contributed by atoms with Crippen molar-refractivity contribution in [3.63, 3.8) is 0 Å². The van der Waals surface area contributed by atoms with Crippen LogP contribution >= 0.6 is 0 Å². The molecule has 0 unspecified atom stereocenters. The second-order valence-corrected chi connectivity index (χ2v) is 8.90. The number of nitrogens with one attached hydrogen (secondary N) is 1. The fraction of sp³-hybridized carbons (Fsp3) is 0.286. The van der Waals surface area contributed by atoms with Gasteiger partial charge >= 0.3 is 6.09 Å². The van der Waals surface area contributed by atoms with Crippen molar-refractivity contribution in [1.82, 2.24) is 20.5 Å². The van der Waals surface area contributed by atoms with Crippen molar-refractivity contribution in [2.75, 3.05) is 0 Å². The van der Waals surface area contributed by atoms with E-state index in [0.29, 0.717) is 29.6 Å². The van der Waals surface area contributed by atoms with E-state index in [0.717, 1.165) is 42.4 Å². The number of nitrogens with zero attached hydrogens (tertiary/aromatic N) is 3. The van der Waals surface area contributed by atoms with Crippen molar-refractivity contribution in [3.8, 4) is 34.1 Å². The van der Waals surface area contributed by atoms with Crippen molar-refractivity contribution < 1.29 is 18.7 Å². The summed E-state index contributed by atoms with van der Waals surface area (Å²) in [5.41, 5.74) is 3.31. The normalized spacial score (nSPS) is 14.1. The number of aromatic nitrogens is 3. The van der Waals surface area contributed by atoms with Gasteiger partial charge in [-0.15, -0.1) is 10.2 Å². The third kappa shape index (κ3) is 6.27. The lowest BCUT2D eigenvalue weighted by molar-refractivity contribution is 0.194. The Hall–Kier alpha value is -4.20. The molecule has 2 aromatic heterocycles. The molecule has 0 spiro atoms. The summed E-state index contributed by atoms with van der Waals surface area (Å²) in [5.74, 6) is 1.35. The Morgan fingerprint density at radius 2 is 1.69 bits per heavy atom. The summed E-state index contributed by atoms with van der Waals surface area (Å²) in [6.07, 6.45) is 10.9. The van der Waals surface area contributed by atoms with E-state index in [4.69, 9.17) is 13.9 Å². The molecule has 0 radical (unpaired) electrons. The van der Waals surface area contributed by atoms with E-state index in [-0.39, 0.29) is 6.04 Å². The number of benzene rings is 2. The summed E-state index contributed by atoms with van der Waals surface area (Å²) in [6, 6.07) is 17.4. The molecule has 8 nitrogen and oxygen atoms in total. The molecule has 1 saturated carbocycles. The maximum absolute atomic E-state index is 12.7. The summed E-state index contributed by atoms with van der Waals surface area (Å²) in [5, 5.41) is 10.7. The zero-order valence-electron chi connectivity index (χ0n) is 19.9. The summed E-state index contributed by atoms with van der Waals surface area (Å²) >= 11 is 0. The Labute approximate surface area is 209 Å². The number of ether oxygens (including phenoxy) is 2. The van der Waals surface area contributed by atoms with Gasteiger partial charge in [0.25, 0.3) is 0 Å². The molecule has 1 fully saturated rings. The zero-order chi connectivity index (χ0) is 24.6. The van der Waals surface area contributed by atoms with Crippen molar-refractivity contribution >= 4 is 6.09 Å². The van der Waals surface area contributed by atoms with Gasteiger partial charge in [-0.05, 0) is 42.2 Å². The summed E-state index contributed by atoms with van der Waals surface area (Å²) < 4.78 is 17.1. The first-order chi connectivity index (χ1) is 17.7. The molecule has 36 heavy (non-hydrogen) atoms. The molecule has 8 heteroatoms. The third-order valence-corrected chi connectivity index (χ3v) is 6.19. The molecule has 0 aliphatic heterocycles. The molecule has 1 aliphatic rings. The molecule has 1 amide bonds. The quantitative estimate of drug-likeness (QED) is 0.312. The first-order valence-electron chi connectivity index (χ1n) is 12.2. The minimum Gasteiger partial charge on any atom is -0.489 e. The van der Waals surface area contributed by atoms with Crippen LogP contribution < -0.4 is 14.8 Å². The van der Waals surface area contributed by atoms with E-state index in [1.165, 1.54) is 19.2 Å². The Morgan fingerprint density at radius 3 is 2.47 bits per heavy atom. The van der Waals surface area contributed by atoms with Crippen molar-refractivity contribution in [2.24, 2.45) is 0 Å². The van der Waals surface area contributed by atoms with Gasteiger partial charge in [0.2, 0.25) is 12.3 Å². The van der Waals surface area contributed by atoms with E-state index >= 15 is 0 Å². The number of amides is 1. The number of rotatable bonds is 7. The molecule has 5 rings (SSSR count). The Morgan fingerprint density at radius 1 is 0.917 bits per heavy atom. The first kappa shape index (κ1) is 23.5. The van der Waals surface area contributed by atoms with Crippen LogP contribution in [-0.2, 0) is 6.61 Å². The van der Waals surface area contributed by atoms with Gasteiger partial charge in [-0.3, -0.25) is 4.98 Å². The standard InChI is InChI=1S/C28H28N4O4/c33-28(31-24-10-6-1-2-7-11-24)36-26-14-21(13-25(15-26)34-18-20-8-4-3-5-9-20)22-12-23(17-29-16-22)27-32-30-19-35-27/h3-5,8-9,12-17,19,24H,1-2,6-7,10-11,18H2,(H,31,33). The maximum Gasteiger partial charge on any atom is 0.412 e. The average Bonchev–Trinajstić information content (AvgIpc) is 3.33. The van der Waals surface area contributed by atoms with Crippen molar-refractivity contribution in [1.29, 1.82) is 0 Å². The highest BCUT2D eigenvalue weighted by Gasteiger charge is 2.17. The third-order valence-electron chi connectivity index (χ3n) is 6.19. The fourth-order valence-electron chi connectivity index (χ4n) is 4.36. The minimum atomic E-state index is -0.453. The molecule has 184 valence electrons. The first-order valence-corrected chi connectivity index (χ1v) is 12.2. The summed E-state index contributed by atoms with van der Waals surface area (Å²) in [6.45, 7) is 0.387. The van der Waals surface area contributed by atoms with Crippen LogP contribution in [0.3, 0.4) is 0 Å². The number of pyridine rings is 1. The fourth-order valence-corrected chi connectivity index (χ4v) is 4.36. The Balaban J connectivity index is 1.39. The minimum absolute atomic E-state index is 0.146. The van der Waals surface area contributed by atoms with Crippen LogP contribution in [0.5, 0.6) is 11.5 Å². The monoisotopic (exact) mass is 484 g/mol. The lowest BCUT2D eigenvalue weighted by Crippen LogP contribution is -2.36. The van der Waals surface area contributed by atoms with E-state index in [2.05, 4.69) is 20.5 Å². The lowest BCUT2D eigenvalue weighted by Gasteiger charge is -2.17. The predicted molar refractivity (Wildman–Crippen MR) is 134 cm³/mol. The van der Waals surface area contributed by atoms with Crippen molar-refractivity contribution in [2.45, 2.75) is 51.2 Å². The van der Waals surface area contributed by atoms with Gasteiger partial charge in [0.05, 0.1) is 5.56 Å². The smallest absolute Gasteiger partial charge is 0.412 e. The van der Waals surface area contributed by atoms with Crippen LogP contribution in [0.15, 0.2) is 77.8 Å². The lowest BCUT2D eigenvalue weighted by atomic mass is 10.1. The van der Waals surface area contributed by atoms with Crippen LogP contribution in [0.2, 0.25) is 0 Å². The van der Waals surface area contributed by atoms with Gasteiger partial charge in [0.15, 0.2) is 0 Å². The van der Waals surface area contributed by atoms with Crippen molar-refractivity contribution in [3.05, 3.63) is 78.9 Å². The van der Waals surface area contributed by atoms with Crippen LogP contribution in [0.25, 0.3) is 22.6 Å². The molecule has 0 saturated heterocycles. The van der Waals surface area contributed by atoms with Crippen LogP contribution in [0, 0.1) is 0 Å². The average molecular weight is 485 g/mol. The van der Waals surface area contributed by atoms with E-state index in [9.17, 15) is 4.79 Å². The molecule has 0 bridgehead atoms. The van der Waals surface area contributed by atoms with Gasteiger partial charge in [-0.1, -0.05) is 56.0 Å². The van der Waals surface area contributed by atoms with E-state index < -0.39 is 6.09 Å². The van der Waals surface area contributed by atoms with Crippen LogP contribution in [0.1, 0.15) is 44.1 Å². The second-order valence-electron chi connectivity index (χ2n) is 8.90. The topological polar surface area (TPSA) is 99.4 Å². The highest BCUT2D eigenvalue weighted by molar-refractivity contribution is 5.74. The predicted octanol–water partition coefficient (Wildman–Crippen LogP) is 6.19. The number of hydrogen-bond acceptors (Lipinski definition) is 7. The Kier molecular flexibility index (Phi) is 7.51. The largest absolute Gasteiger partial charge is 0.489 e. The number of carbonyl (C=O) groups is 1. The second kappa shape index (κ2) is 11.5. The van der Waals surface area contributed by atoms with Crippen LogP contribution in [-0.4, -0.2) is 27.3 Å². The molecule has 1 N–H and O–H groups in total. The van der Waals surface area contributed by atoms with Crippen LogP contribution in [0.4, 0.5) is 4.79 Å².